The van der Waals surface area contributed by atoms with Crippen LogP contribution in [0, 0.1) is 0 Å². The zero-order chi connectivity index (χ0) is 12.5. The first-order chi connectivity index (χ1) is 7.99. The quantitative estimate of drug-likeness (QED) is 0.878. The number of aryl methyl sites for hydroxylation is 2. The first-order valence-electron chi connectivity index (χ1n) is 6.03. The Bertz CT molecular complexity index is 491. The van der Waals surface area contributed by atoms with E-state index in [9.17, 15) is 8.42 Å². The van der Waals surface area contributed by atoms with Gasteiger partial charge in [-0.05, 0) is 37.4 Å². The van der Waals surface area contributed by atoms with Gasteiger partial charge in [-0.2, -0.15) is 0 Å². The second-order valence-corrected chi connectivity index (χ2v) is 7.10. The summed E-state index contributed by atoms with van der Waals surface area (Å²) >= 11 is 0. The van der Waals surface area contributed by atoms with Gasteiger partial charge in [0, 0.05) is 31.2 Å². The van der Waals surface area contributed by atoms with Crippen LogP contribution in [0.3, 0.4) is 0 Å². The molecule has 5 heteroatoms. The third-order valence-electron chi connectivity index (χ3n) is 3.38. The number of aromatic nitrogens is 1. The van der Waals surface area contributed by atoms with Crippen molar-refractivity contribution in [1.82, 2.24) is 9.88 Å². The lowest BCUT2D eigenvalue weighted by atomic mass is 9.91. The van der Waals surface area contributed by atoms with Crippen molar-refractivity contribution in [2.75, 3.05) is 19.1 Å². The van der Waals surface area contributed by atoms with E-state index in [1.165, 1.54) is 30.2 Å². The molecule has 17 heavy (non-hydrogen) atoms. The van der Waals surface area contributed by atoms with Crippen molar-refractivity contribution in [3.05, 3.63) is 23.5 Å². The molecule has 0 fully saturated rings. The van der Waals surface area contributed by atoms with Gasteiger partial charge in [0.15, 0.2) is 0 Å². The summed E-state index contributed by atoms with van der Waals surface area (Å²) in [5.74, 6) is 0.213. The molecular weight excluding hydrogens is 236 g/mol. The van der Waals surface area contributed by atoms with Crippen molar-refractivity contribution >= 4 is 9.84 Å². The van der Waals surface area contributed by atoms with Crippen molar-refractivity contribution < 1.29 is 8.42 Å². The Morgan fingerprint density at radius 1 is 1.47 bits per heavy atom. The van der Waals surface area contributed by atoms with E-state index in [-0.39, 0.29) is 5.75 Å². The summed E-state index contributed by atoms with van der Waals surface area (Å²) in [7, 11) is -0.900. The molecule has 1 aromatic rings. The number of fused-ring (bicyclic) bond motifs is 1. The van der Waals surface area contributed by atoms with E-state index in [2.05, 4.69) is 17.7 Å². The van der Waals surface area contributed by atoms with Gasteiger partial charge in [-0.15, -0.1) is 0 Å². The summed E-state index contributed by atoms with van der Waals surface area (Å²) in [6.07, 6.45) is 8.96. The van der Waals surface area contributed by atoms with Crippen molar-refractivity contribution in [1.29, 1.82) is 0 Å². The molecule has 96 valence electrons. The second-order valence-electron chi connectivity index (χ2n) is 4.84. The number of sulfone groups is 1. The Morgan fingerprint density at radius 2 is 2.24 bits per heavy atom. The monoisotopic (exact) mass is 256 g/mol. The highest BCUT2D eigenvalue weighted by molar-refractivity contribution is 7.90. The molecule has 0 saturated carbocycles. The maximum Gasteiger partial charge on any atom is 0.149 e. The summed E-state index contributed by atoms with van der Waals surface area (Å²) in [6.45, 7) is 0.558. The van der Waals surface area contributed by atoms with E-state index in [4.69, 9.17) is 0 Å². The van der Waals surface area contributed by atoms with Crippen LogP contribution in [0.2, 0.25) is 0 Å². The van der Waals surface area contributed by atoms with Crippen molar-refractivity contribution in [2.45, 2.75) is 31.8 Å². The van der Waals surface area contributed by atoms with Gasteiger partial charge in [-0.3, -0.25) is 0 Å². The Morgan fingerprint density at radius 3 is 2.88 bits per heavy atom. The number of rotatable bonds is 4. The van der Waals surface area contributed by atoms with Gasteiger partial charge in [0.2, 0.25) is 0 Å². The molecule has 1 atom stereocenters. The molecule has 1 aromatic heterocycles. The largest absolute Gasteiger partial charge is 0.353 e. The third kappa shape index (κ3) is 3.10. The molecule has 0 aliphatic heterocycles. The van der Waals surface area contributed by atoms with E-state index < -0.39 is 9.84 Å². The van der Waals surface area contributed by atoms with Crippen LogP contribution in [0.4, 0.5) is 0 Å². The fourth-order valence-corrected chi connectivity index (χ4v) is 2.99. The van der Waals surface area contributed by atoms with Crippen molar-refractivity contribution in [3.8, 4) is 0 Å². The highest BCUT2D eigenvalue weighted by Crippen LogP contribution is 2.30. The van der Waals surface area contributed by atoms with Gasteiger partial charge < -0.3 is 9.88 Å². The molecule has 0 aromatic carbocycles. The van der Waals surface area contributed by atoms with E-state index in [1.807, 2.05) is 11.6 Å². The molecule has 2 rings (SSSR count). The molecule has 1 unspecified atom stereocenters. The third-order valence-corrected chi connectivity index (χ3v) is 4.30. The molecule has 0 radical (unpaired) electrons. The standard InChI is InChI=1S/C12H20N2O2S/c1-13-12-5-3-4-10-8-14(9-11(10)12)6-7-17(2,15)16/h8-9,12-13H,3-7H2,1-2H3. The zero-order valence-electron chi connectivity index (χ0n) is 10.4. The Balaban J connectivity index is 2.14. The average molecular weight is 256 g/mol. The summed E-state index contributed by atoms with van der Waals surface area (Å²) < 4.78 is 24.3. The van der Waals surface area contributed by atoms with Crippen LogP contribution in [-0.4, -0.2) is 32.0 Å². The van der Waals surface area contributed by atoms with Crippen LogP contribution in [0.1, 0.15) is 30.0 Å². The Hall–Kier alpha value is -0.810. The van der Waals surface area contributed by atoms with Crippen LogP contribution in [-0.2, 0) is 22.8 Å². The minimum atomic E-state index is -2.88. The van der Waals surface area contributed by atoms with Gasteiger partial charge in [-0.1, -0.05) is 0 Å². The van der Waals surface area contributed by atoms with E-state index in [1.54, 1.807) is 0 Å². The predicted octanol–water partition coefficient (Wildman–Crippen LogP) is 1.13. The number of nitrogens with zero attached hydrogens (tertiary/aromatic N) is 1. The van der Waals surface area contributed by atoms with Crippen LogP contribution >= 0.6 is 0 Å². The minimum absolute atomic E-state index is 0.213. The van der Waals surface area contributed by atoms with Crippen LogP contribution in [0.15, 0.2) is 12.4 Å². The van der Waals surface area contributed by atoms with Gasteiger partial charge in [0.25, 0.3) is 0 Å². The number of nitrogens with one attached hydrogen (secondary N) is 1. The lowest BCUT2D eigenvalue weighted by molar-refractivity contribution is 0.498. The molecule has 0 spiro atoms. The summed E-state index contributed by atoms with van der Waals surface area (Å²) in [4.78, 5) is 0. The van der Waals surface area contributed by atoms with Crippen LogP contribution in [0.5, 0.6) is 0 Å². The average Bonchev–Trinajstić information content (AvgIpc) is 2.67. The molecule has 1 aliphatic rings. The molecular formula is C12H20N2O2S. The molecule has 0 bridgehead atoms. The Labute approximate surface area is 103 Å². The highest BCUT2D eigenvalue weighted by atomic mass is 32.2. The number of hydrogen-bond donors (Lipinski definition) is 1. The fraction of sp³-hybridized carbons (Fsp3) is 0.667. The molecule has 1 aliphatic carbocycles. The minimum Gasteiger partial charge on any atom is -0.353 e. The second kappa shape index (κ2) is 4.82. The molecule has 4 nitrogen and oxygen atoms in total. The van der Waals surface area contributed by atoms with Crippen LogP contribution < -0.4 is 5.32 Å². The molecule has 1 heterocycles. The summed E-state index contributed by atoms with van der Waals surface area (Å²) in [5, 5.41) is 3.31. The summed E-state index contributed by atoms with van der Waals surface area (Å²) in [6, 6.07) is 0.429. The van der Waals surface area contributed by atoms with Crippen LogP contribution in [0.25, 0.3) is 0 Å². The van der Waals surface area contributed by atoms with E-state index in [0.29, 0.717) is 12.6 Å². The van der Waals surface area contributed by atoms with Crippen molar-refractivity contribution in [2.24, 2.45) is 0 Å². The lowest BCUT2D eigenvalue weighted by Crippen LogP contribution is -2.20. The van der Waals surface area contributed by atoms with Crippen molar-refractivity contribution in [3.63, 3.8) is 0 Å². The fourth-order valence-electron chi connectivity index (χ4n) is 2.45. The predicted molar refractivity (Wildman–Crippen MR) is 68.9 cm³/mol. The topological polar surface area (TPSA) is 51.1 Å². The SMILES string of the molecule is CNC1CCCc2cn(CCS(C)(=O)=O)cc21. The Kier molecular flexibility index (Phi) is 3.58. The lowest BCUT2D eigenvalue weighted by Gasteiger charge is -2.21. The first-order valence-corrected chi connectivity index (χ1v) is 8.09. The number of hydrogen-bond acceptors (Lipinski definition) is 3. The van der Waals surface area contributed by atoms with E-state index >= 15 is 0 Å². The normalized spacial score (nSPS) is 20.2. The van der Waals surface area contributed by atoms with Gasteiger partial charge in [0.1, 0.15) is 9.84 Å². The smallest absolute Gasteiger partial charge is 0.149 e. The molecule has 0 amide bonds. The van der Waals surface area contributed by atoms with Gasteiger partial charge in [-0.25, -0.2) is 8.42 Å². The van der Waals surface area contributed by atoms with Gasteiger partial charge in [0.05, 0.1) is 5.75 Å². The first kappa shape index (κ1) is 12.6. The van der Waals surface area contributed by atoms with Gasteiger partial charge >= 0.3 is 0 Å². The highest BCUT2D eigenvalue weighted by Gasteiger charge is 2.20. The zero-order valence-corrected chi connectivity index (χ0v) is 11.3. The van der Waals surface area contributed by atoms with E-state index in [0.717, 1.165) is 6.42 Å². The summed E-state index contributed by atoms with van der Waals surface area (Å²) in [5.41, 5.74) is 2.70. The molecule has 0 saturated heterocycles. The molecule has 1 N–H and O–H groups in total. The maximum atomic E-state index is 11.1. The maximum absolute atomic E-state index is 11.1.